The molecule has 0 spiro atoms. The number of anilines is 1. The molecule has 4 N–H and O–H groups in total. The second-order valence-electron chi connectivity index (χ2n) is 4.30. The lowest BCUT2D eigenvalue weighted by molar-refractivity contribution is 0.577. The van der Waals surface area contributed by atoms with Gasteiger partial charge in [-0.3, -0.25) is 5.10 Å². The highest BCUT2D eigenvalue weighted by molar-refractivity contribution is 7.89. The number of aromatic nitrogens is 3. The number of nitrogen functional groups attached to an aromatic ring is 1. The molecule has 0 unspecified atom stereocenters. The molecule has 0 atom stereocenters. The Labute approximate surface area is 115 Å². The third-order valence-corrected chi connectivity index (χ3v) is 4.56. The number of nitrogens with two attached hydrogens (primary N) is 1. The van der Waals surface area contributed by atoms with Gasteiger partial charge < -0.3 is 5.73 Å². The molecule has 1 heterocycles. The van der Waals surface area contributed by atoms with Crippen molar-refractivity contribution in [2.75, 3.05) is 5.73 Å². The minimum absolute atomic E-state index is 0.0177. The van der Waals surface area contributed by atoms with E-state index in [0.717, 1.165) is 6.07 Å². The summed E-state index contributed by atoms with van der Waals surface area (Å²) in [5, 5.41) is 6.15. The van der Waals surface area contributed by atoms with Gasteiger partial charge in [0.2, 0.25) is 10.0 Å². The Morgan fingerprint density at radius 1 is 1.45 bits per heavy atom. The van der Waals surface area contributed by atoms with Crippen molar-refractivity contribution in [3.63, 3.8) is 0 Å². The number of hydrogen-bond acceptors (Lipinski definition) is 5. The highest BCUT2D eigenvalue weighted by Crippen LogP contribution is 2.27. The lowest BCUT2D eigenvalue weighted by Crippen LogP contribution is -2.26. The van der Waals surface area contributed by atoms with Gasteiger partial charge in [-0.2, -0.15) is 5.10 Å². The van der Waals surface area contributed by atoms with E-state index < -0.39 is 15.8 Å². The van der Waals surface area contributed by atoms with E-state index in [4.69, 9.17) is 5.73 Å². The first kappa shape index (κ1) is 14.4. The predicted molar refractivity (Wildman–Crippen MR) is 70.7 cm³/mol. The van der Waals surface area contributed by atoms with Crippen LogP contribution in [0.25, 0.3) is 0 Å². The van der Waals surface area contributed by atoms with Gasteiger partial charge in [-0.25, -0.2) is 22.5 Å². The van der Waals surface area contributed by atoms with Crippen LogP contribution >= 0.6 is 0 Å². The number of rotatable bonds is 4. The summed E-state index contributed by atoms with van der Waals surface area (Å²) in [6.07, 6.45) is 1.27. The lowest BCUT2D eigenvalue weighted by Gasteiger charge is -2.13. The minimum atomic E-state index is -3.82. The fraction of sp³-hybridized carbons (Fsp3) is 0.273. The molecule has 0 fully saturated rings. The summed E-state index contributed by atoms with van der Waals surface area (Å²) >= 11 is 0. The summed E-state index contributed by atoms with van der Waals surface area (Å²) < 4.78 is 40.4. The van der Waals surface area contributed by atoms with E-state index in [1.807, 2.05) is 0 Å². The normalized spacial score (nSPS) is 11.8. The van der Waals surface area contributed by atoms with Crippen molar-refractivity contribution in [1.82, 2.24) is 19.9 Å². The molecule has 1 aromatic heterocycles. The Balaban J connectivity index is 2.37. The number of halogens is 1. The summed E-state index contributed by atoms with van der Waals surface area (Å²) in [6, 6.07) is 1.10. The van der Waals surface area contributed by atoms with Gasteiger partial charge >= 0.3 is 0 Å². The zero-order valence-electron chi connectivity index (χ0n) is 10.9. The van der Waals surface area contributed by atoms with Crippen LogP contribution < -0.4 is 10.5 Å². The summed E-state index contributed by atoms with van der Waals surface area (Å²) in [5.41, 5.74) is 5.85. The number of nitrogens with zero attached hydrogens (tertiary/aromatic N) is 2. The van der Waals surface area contributed by atoms with E-state index >= 15 is 0 Å². The van der Waals surface area contributed by atoms with Crippen LogP contribution in [0.3, 0.4) is 0 Å². The van der Waals surface area contributed by atoms with E-state index in [-0.39, 0.29) is 22.7 Å². The van der Waals surface area contributed by atoms with Gasteiger partial charge in [0.15, 0.2) is 0 Å². The van der Waals surface area contributed by atoms with Crippen molar-refractivity contribution in [2.45, 2.75) is 25.3 Å². The van der Waals surface area contributed by atoms with Gasteiger partial charge in [0.1, 0.15) is 18.0 Å². The highest BCUT2D eigenvalue weighted by atomic mass is 32.2. The highest BCUT2D eigenvalue weighted by Gasteiger charge is 2.23. The smallest absolute Gasteiger partial charge is 0.241 e. The molecule has 9 heteroatoms. The van der Waals surface area contributed by atoms with Crippen LogP contribution in [0.4, 0.5) is 10.1 Å². The number of aryl methyl sites for hydroxylation is 1. The topological polar surface area (TPSA) is 114 Å². The quantitative estimate of drug-likeness (QED) is 0.716. The molecule has 108 valence electrons. The van der Waals surface area contributed by atoms with Crippen LogP contribution in [0, 0.1) is 19.7 Å². The molecule has 0 amide bonds. The number of benzene rings is 1. The van der Waals surface area contributed by atoms with E-state index in [1.165, 1.54) is 20.2 Å². The third kappa shape index (κ3) is 2.63. The van der Waals surface area contributed by atoms with Crippen molar-refractivity contribution < 1.29 is 12.8 Å². The van der Waals surface area contributed by atoms with E-state index in [0.29, 0.717) is 11.4 Å². The summed E-state index contributed by atoms with van der Waals surface area (Å²) in [5.74, 6) is -0.256. The monoisotopic (exact) mass is 299 g/mol. The molecular weight excluding hydrogens is 285 g/mol. The van der Waals surface area contributed by atoms with Gasteiger partial charge in [-0.1, -0.05) is 0 Å². The fourth-order valence-corrected chi connectivity index (χ4v) is 3.36. The molecule has 0 radical (unpaired) electrons. The zero-order valence-corrected chi connectivity index (χ0v) is 11.8. The van der Waals surface area contributed by atoms with Crippen LogP contribution in [0.5, 0.6) is 0 Å². The SMILES string of the molecule is Cc1cc(F)c(N)c(C)c1S(=O)(=O)NCc1ncn[nH]1. The van der Waals surface area contributed by atoms with Crippen LogP contribution in [-0.2, 0) is 16.6 Å². The molecule has 2 aromatic rings. The molecule has 7 nitrogen and oxygen atoms in total. The molecule has 0 aliphatic carbocycles. The fourth-order valence-electron chi connectivity index (χ4n) is 1.90. The molecule has 0 aliphatic rings. The van der Waals surface area contributed by atoms with E-state index in [2.05, 4.69) is 19.9 Å². The first-order valence-electron chi connectivity index (χ1n) is 5.72. The summed E-state index contributed by atoms with van der Waals surface area (Å²) in [7, 11) is -3.82. The lowest BCUT2D eigenvalue weighted by atomic mass is 10.1. The second kappa shape index (κ2) is 5.17. The molecule has 20 heavy (non-hydrogen) atoms. The molecule has 1 aromatic carbocycles. The van der Waals surface area contributed by atoms with Crippen molar-refractivity contribution in [2.24, 2.45) is 0 Å². The van der Waals surface area contributed by atoms with Crippen LogP contribution in [0.15, 0.2) is 17.3 Å². The number of H-pyrrole nitrogens is 1. The van der Waals surface area contributed by atoms with Gasteiger partial charge in [0.25, 0.3) is 0 Å². The molecule has 0 bridgehead atoms. The Bertz CT molecular complexity index is 728. The maximum absolute atomic E-state index is 13.5. The van der Waals surface area contributed by atoms with Gasteiger partial charge in [-0.05, 0) is 31.0 Å². The van der Waals surface area contributed by atoms with Gasteiger partial charge in [0.05, 0.1) is 17.1 Å². The number of nitrogens with one attached hydrogen (secondary N) is 2. The number of aromatic amines is 1. The Morgan fingerprint density at radius 3 is 2.75 bits per heavy atom. The average molecular weight is 299 g/mol. The third-order valence-electron chi connectivity index (χ3n) is 2.87. The summed E-state index contributed by atoms with van der Waals surface area (Å²) in [4.78, 5) is 3.79. The predicted octanol–water partition coefficient (Wildman–Crippen LogP) is 0.621. The van der Waals surface area contributed by atoms with Crippen molar-refractivity contribution in [1.29, 1.82) is 0 Å². The van der Waals surface area contributed by atoms with Crippen molar-refractivity contribution in [3.05, 3.63) is 35.2 Å². The molecule has 2 rings (SSSR count). The van der Waals surface area contributed by atoms with Crippen molar-refractivity contribution in [3.8, 4) is 0 Å². The van der Waals surface area contributed by atoms with E-state index in [9.17, 15) is 12.8 Å². The minimum Gasteiger partial charge on any atom is -0.396 e. The van der Waals surface area contributed by atoms with Crippen LogP contribution in [0.1, 0.15) is 17.0 Å². The maximum atomic E-state index is 13.5. The van der Waals surface area contributed by atoms with E-state index in [1.54, 1.807) is 0 Å². The standard InChI is InChI=1S/C11H14FN5O2S/c1-6-3-8(12)10(13)7(2)11(6)20(18,19)16-4-9-14-5-15-17-9/h3,5,16H,4,13H2,1-2H3,(H,14,15,17). The summed E-state index contributed by atoms with van der Waals surface area (Å²) in [6.45, 7) is 2.94. The van der Waals surface area contributed by atoms with Crippen LogP contribution in [0.2, 0.25) is 0 Å². The first-order valence-corrected chi connectivity index (χ1v) is 7.20. The van der Waals surface area contributed by atoms with Crippen LogP contribution in [-0.4, -0.2) is 23.6 Å². The number of sulfonamides is 1. The Hall–Kier alpha value is -2.00. The zero-order chi connectivity index (χ0) is 14.9. The second-order valence-corrected chi connectivity index (χ2v) is 6.00. The molecule has 0 saturated heterocycles. The van der Waals surface area contributed by atoms with Gasteiger partial charge in [0, 0.05) is 0 Å². The molecule has 0 saturated carbocycles. The number of hydrogen-bond donors (Lipinski definition) is 3. The molecule has 0 aliphatic heterocycles. The molecular formula is C11H14FN5O2S. The van der Waals surface area contributed by atoms with Crippen molar-refractivity contribution >= 4 is 15.7 Å². The largest absolute Gasteiger partial charge is 0.396 e. The first-order chi connectivity index (χ1) is 9.33. The Morgan fingerprint density at radius 2 is 2.15 bits per heavy atom. The Kier molecular flexibility index (Phi) is 3.73. The van der Waals surface area contributed by atoms with Gasteiger partial charge in [-0.15, -0.1) is 0 Å². The maximum Gasteiger partial charge on any atom is 0.241 e. The average Bonchev–Trinajstić information content (AvgIpc) is 2.86.